The van der Waals surface area contributed by atoms with Gasteiger partial charge in [0.2, 0.25) is 0 Å². The molecule has 0 unspecified atom stereocenters. The lowest BCUT2D eigenvalue weighted by atomic mass is 9.91. The van der Waals surface area contributed by atoms with Crippen LogP contribution in [0.15, 0.2) is 255 Å². The van der Waals surface area contributed by atoms with E-state index in [4.69, 9.17) is 0 Å². The summed E-state index contributed by atoms with van der Waals surface area (Å²) in [6, 6.07) is 85.3. The van der Waals surface area contributed by atoms with E-state index in [-0.39, 0.29) is 0 Å². The molecule has 0 fully saturated rings. The topological polar surface area (TPSA) is 6.48 Å². The Labute approximate surface area is 365 Å². The lowest BCUT2D eigenvalue weighted by Crippen LogP contribution is -2.10. The highest BCUT2D eigenvalue weighted by molar-refractivity contribution is 5.90. The van der Waals surface area contributed by atoms with Crippen molar-refractivity contribution >= 4 is 39.7 Å². The number of benzene rings is 9. The molecular weight excluding hydrogens is 749 g/mol. The summed E-state index contributed by atoms with van der Waals surface area (Å²) < 4.78 is 0. The molecule has 9 aromatic carbocycles. The van der Waals surface area contributed by atoms with E-state index in [9.17, 15) is 0 Å². The van der Waals surface area contributed by atoms with E-state index >= 15 is 0 Å². The Morgan fingerprint density at radius 2 is 0.694 bits per heavy atom. The molecule has 0 saturated heterocycles. The van der Waals surface area contributed by atoms with Crippen molar-refractivity contribution in [1.82, 2.24) is 0 Å². The molecule has 0 saturated carbocycles. The first-order valence-electron chi connectivity index (χ1n) is 21.5. The summed E-state index contributed by atoms with van der Waals surface area (Å²) in [5.41, 5.74) is 18.8. The molecule has 0 amide bonds. The van der Waals surface area contributed by atoms with Crippen LogP contribution in [0.1, 0.15) is 18.4 Å². The van der Waals surface area contributed by atoms with E-state index in [1.165, 1.54) is 55.6 Å². The number of hydrogen-bond acceptors (Lipinski definition) is 2. The smallest absolute Gasteiger partial charge is 0.0468 e. The second-order valence-electron chi connectivity index (χ2n) is 15.7. The first-order chi connectivity index (χ1) is 30.7. The maximum atomic E-state index is 2.36. The molecule has 0 aliphatic heterocycles. The fourth-order valence-electron chi connectivity index (χ4n) is 8.60. The van der Waals surface area contributed by atoms with Gasteiger partial charge in [-0.05, 0) is 147 Å². The van der Waals surface area contributed by atoms with Crippen molar-refractivity contribution in [2.45, 2.75) is 12.8 Å². The largest absolute Gasteiger partial charge is 0.311 e. The van der Waals surface area contributed by atoms with Gasteiger partial charge in [-0.1, -0.05) is 176 Å². The van der Waals surface area contributed by atoms with Crippen molar-refractivity contribution in [2.24, 2.45) is 0 Å². The van der Waals surface area contributed by atoms with Crippen LogP contribution < -0.4 is 9.80 Å². The minimum atomic E-state index is 1.07. The van der Waals surface area contributed by atoms with Gasteiger partial charge in [0.05, 0.1) is 0 Å². The number of nitrogens with zero attached hydrogens (tertiary/aromatic N) is 2. The Kier molecular flexibility index (Phi) is 10.9. The molecule has 1 aliphatic rings. The highest BCUT2D eigenvalue weighted by Gasteiger charge is 2.18. The lowest BCUT2D eigenvalue weighted by molar-refractivity contribution is 1.05. The van der Waals surface area contributed by atoms with Crippen molar-refractivity contribution in [3.8, 4) is 44.5 Å². The van der Waals surface area contributed by atoms with Crippen molar-refractivity contribution in [1.29, 1.82) is 0 Å². The van der Waals surface area contributed by atoms with Crippen LogP contribution in [0.5, 0.6) is 0 Å². The van der Waals surface area contributed by atoms with Crippen LogP contribution >= 0.6 is 0 Å². The first-order valence-corrected chi connectivity index (χ1v) is 21.5. The number of allylic oxidation sites excluding steroid dienone is 4. The third-order valence-corrected chi connectivity index (χ3v) is 11.8. The number of rotatable bonds is 11. The van der Waals surface area contributed by atoms with Crippen LogP contribution in [0.25, 0.3) is 50.1 Å². The molecular formula is C60H46N2. The van der Waals surface area contributed by atoms with Crippen LogP contribution in [0.3, 0.4) is 0 Å². The van der Waals surface area contributed by atoms with Gasteiger partial charge in [-0.15, -0.1) is 0 Å². The highest BCUT2D eigenvalue weighted by atomic mass is 15.1. The minimum absolute atomic E-state index is 1.07. The Hall–Kier alpha value is -7.94. The molecule has 2 heteroatoms. The molecule has 62 heavy (non-hydrogen) atoms. The second-order valence-corrected chi connectivity index (χ2v) is 15.7. The van der Waals surface area contributed by atoms with Gasteiger partial charge in [-0.2, -0.15) is 0 Å². The molecule has 9 aromatic rings. The van der Waals surface area contributed by atoms with Crippen molar-refractivity contribution in [3.05, 3.63) is 260 Å². The molecule has 0 aromatic heterocycles. The summed E-state index contributed by atoms with van der Waals surface area (Å²) in [5, 5.41) is 0. The van der Waals surface area contributed by atoms with Gasteiger partial charge in [0.1, 0.15) is 0 Å². The molecule has 10 rings (SSSR count). The lowest BCUT2D eigenvalue weighted by Gasteiger charge is -2.27. The van der Waals surface area contributed by atoms with Crippen molar-refractivity contribution < 1.29 is 0 Å². The van der Waals surface area contributed by atoms with Gasteiger partial charge < -0.3 is 9.80 Å². The average molecular weight is 795 g/mol. The van der Waals surface area contributed by atoms with Gasteiger partial charge in [-0.3, -0.25) is 0 Å². The molecule has 0 N–H and O–H groups in total. The maximum Gasteiger partial charge on any atom is 0.0468 e. The number of anilines is 6. The third kappa shape index (κ3) is 8.15. The summed E-state index contributed by atoms with van der Waals surface area (Å²) in [4.78, 5) is 4.69. The standard InChI is InChI=1S/C60H46N2/c1-6-17-45(18-7-1)47-29-35-55(36-30-47)61(53-25-12-4-13-26-53)56-39-33-49(34-40-56)51-23-16-24-52(43-51)59-42-41-58(44-60(59)50-21-10-3-11-22-50)62(54-27-14-5-15-28-54)57-37-31-48(32-38-57)46-19-8-2-9-20-46/h1-8,10-19,21-44H,9,20H2. The van der Waals surface area contributed by atoms with Crippen LogP contribution in [-0.4, -0.2) is 0 Å². The molecule has 296 valence electrons. The van der Waals surface area contributed by atoms with Crippen molar-refractivity contribution in [3.63, 3.8) is 0 Å². The zero-order chi connectivity index (χ0) is 41.5. The van der Waals surface area contributed by atoms with E-state index in [0.29, 0.717) is 0 Å². The summed E-state index contributed by atoms with van der Waals surface area (Å²) in [7, 11) is 0. The van der Waals surface area contributed by atoms with Crippen LogP contribution in [-0.2, 0) is 0 Å². The van der Waals surface area contributed by atoms with Gasteiger partial charge in [0, 0.05) is 34.1 Å². The summed E-state index contributed by atoms with van der Waals surface area (Å²) in [6.45, 7) is 0. The predicted octanol–water partition coefficient (Wildman–Crippen LogP) is 17.0. The first kappa shape index (κ1) is 38.3. The Bertz CT molecular complexity index is 2950. The average Bonchev–Trinajstić information content (AvgIpc) is 3.36. The van der Waals surface area contributed by atoms with Crippen molar-refractivity contribution in [2.75, 3.05) is 9.80 Å². The second kappa shape index (κ2) is 17.7. The quantitative estimate of drug-likeness (QED) is 0.129. The van der Waals surface area contributed by atoms with E-state index in [0.717, 1.165) is 47.0 Å². The zero-order valence-electron chi connectivity index (χ0n) is 34.6. The Morgan fingerprint density at radius 1 is 0.274 bits per heavy atom. The monoisotopic (exact) mass is 794 g/mol. The fourth-order valence-corrected chi connectivity index (χ4v) is 8.60. The normalized spacial score (nSPS) is 12.1. The fraction of sp³-hybridized carbons (Fsp3) is 0.0333. The number of hydrogen-bond donors (Lipinski definition) is 0. The molecule has 0 bridgehead atoms. The molecule has 1 aliphatic carbocycles. The van der Waals surface area contributed by atoms with Gasteiger partial charge in [-0.25, -0.2) is 0 Å². The van der Waals surface area contributed by atoms with E-state index in [1.54, 1.807) is 0 Å². The maximum absolute atomic E-state index is 2.36. The van der Waals surface area contributed by atoms with Crippen LogP contribution in [0.2, 0.25) is 0 Å². The summed E-state index contributed by atoms with van der Waals surface area (Å²) in [6.07, 6.45) is 8.82. The van der Waals surface area contributed by atoms with E-state index in [1.807, 2.05) is 0 Å². The Morgan fingerprint density at radius 3 is 1.24 bits per heavy atom. The highest BCUT2D eigenvalue weighted by Crippen LogP contribution is 2.42. The van der Waals surface area contributed by atoms with Crippen LogP contribution in [0.4, 0.5) is 34.1 Å². The van der Waals surface area contributed by atoms with Crippen LogP contribution in [0, 0.1) is 0 Å². The van der Waals surface area contributed by atoms with Gasteiger partial charge in [0.15, 0.2) is 0 Å². The molecule has 2 nitrogen and oxygen atoms in total. The molecule has 0 spiro atoms. The van der Waals surface area contributed by atoms with E-state index in [2.05, 4.69) is 265 Å². The molecule has 0 heterocycles. The molecule has 0 atom stereocenters. The third-order valence-electron chi connectivity index (χ3n) is 11.8. The summed E-state index contributed by atoms with van der Waals surface area (Å²) in [5.74, 6) is 0. The zero-order valence-corrected chi connectivity index (χ0v) is 34.6. The predicted molar refractivity (Wildman–Crippen MR) is 264 cm³/mol. The van der Waals surface area contributed by atoms with Gasteiger partial charge >= 0.3 is 0 Å². The SMILES string of the molecule is C1=CCCC(c2ccc(N(c3ccccc3)c3ccc(-c4cccc(-c5ccc(N(c6ccccc6)c6ccc(-c7ccccc7)cc6)cc5)c4)c(-c4ccccc4)c3)cc2)=C1. The van der Waals surface area contributed by atoms with Gasteiger partial charge in [0.25, 0.3) is 0 Å². The Balaban J connectivity index is 0.995. The van der Waals surface area contributed by atoms with E-state index < -0.39 is 0 Å². The minimum Gasteiger partial charge on any atom is -0.311 e. The summed E-state index contributed by atoms with van der Waals surface area (Å²) >= 11 is 0. The number of para-hydroxylation sites is 2. The molecule has 0 radical (unpaired) electrons.